The molecule has 0 saturated carbocycles. The van der Waals surface area contributed by atoms with E-state index in [-0.39, 0.29) is 29.2 Å². The van der Waals surface area contributed by atoms with Crippen LogP contribution in [0.5, 0.6) is 0 Å². The maximum Gasteiger partial charge on any atom is 1.00 e. The molecule has 0 aliphatic rings. The second kappa shape index (κ2) is 10.0. The van der Waals surface area contributed by atoms with Crippen molar-refractivity contribution < 1.29 is 45.0 Å². The monoisotopic (exact) mass is 382 g/mol. The first kappa shape index (κ1) is 24.6. The Morgan fingerprint density at radius 2 is 1.65 bits per heavy atom. The molecule has 0 radical (unpaired) electrons. The van der Waals surface area contributed by atoms with E-state index in [0.29, 0.717) is 5.88 Å². The summed E-state index contributed by atoms with van der Waals surface area (Å²) in [5, 5.41) is 3.85. The Morgan fingerprint density at radius 3 is 1.96 bits per heavy atom. The van der Waals surface area contributed by atoms with Crippen LogP contribution < -0.4 is 24.6 Å². The number of alkyl halides is 3. The molecule has 5 nitrogen and oxygen atoms in total. The fourth-order valence-corrected chi connectivity index (χ4v) is 2.07. The van der Waals surface area contributed by atoms with E-state index in [1.165, 1.54) is 0 Å². The van der Waals surface area contributed by atoms with Gasteiger partial charge in [0, 0.05) is 6.07 Å². The van der Waals surface area contributed by atoms with Crippen molar-refractivity contribution >= 4 is 16.6 Å². The molecule has 0 unspecified atom stereocenters. The standard InChI is InChI=1S/C9H14N2O.C7H4F3O2S.Li/c1-4-9(3,5-2)7-6-8(10)12-11-7;8-7(9,10)5-1-3-6(4-2-5)13(11)12;/h6H,1-2,4-5,10H2,3H3;1-4H;/q-2;-1;+1. The zero-order valence-electron chi connectivity index (χ0n) is 14.5. The third-order valence-corrected chi connectivity index (χ3v) is 4.28. The van der Waals surface area contributed by atoms with Crippen LogP contribution in [0.3, 0.4) is 0 Å². The van der Waals surface area contributed by atoms with Crippen molar-refractivity contribution in [2.24, 2.45) is 0 Å². The van der Waals surface area contributed by atoms with Gasteiger partial charge in [-0.15, -0.1) is 0 Å². The van der Waals surface area contributed by atoms with E-state index < -0.39 is 22.4 Å². The van der Waals surface area contributed by atoms with Gasteiger partial charge in [-0.25, -0.2) is 0 Å². The molecule has 10 heteroatoms. The van der Waals surface area contributed by atoms with E-state index in [2.05, 4.69) is 19.0 Å². The number of anilines is 1. The largest absolute Gasteiger partial charge is 1.00 e. The Morgan fingerprint density at radius 1 is 1.15 bits per heavy atom. The average Bonchev–Trinajstić information content (AvgIpc) is 3.01. The van der Waals surface area contributed by atoms with Crippen LogP contribution in [0.15, 0.2) is 39.8 Å². The smallest absolute Gasteiger partial charge is 0.420 e. The molecular formula is C16H18F3LiN2O3S-2. The second-order valence-corrected chi connectivity index (χ2v) is 6.37. The Kier molecular flexibility index (Phi) is 9.49. The summed E-state index contributed by atoms with van der Waals surface area (Å²) >= 11 is 0. The summed E-state index contributed by atoms with van der Waals surface area (Å²) in [5.74, 6) is 0.345. The van der Waals surface area contributed by atoms with Crippen LogP contribution in [0.4, 0.5) is 19.1 Å². The molecular weight excluding hydrogens is 364 g/mol. The summed E-state index contributed by atoms with van der Waals surface area (Å²) < 4.78 is 61.2. The molecule has 140 valence electrons. The van der Waals surface area contributed by atoms with Crippen molar-refractivity contribution in [3.8, 4) is 0 Å². The number of aromatic nitrogens is 1. The molecule has 1 aromatic carbocycles. The fraction of sp³-hybridized carbons (Fsp3) is 0.312. The number of nitrogen functional groups attached to an aromatic ring is 1. The molecule has 2 aromatic rings. The van der Waals surface area contributed by atoms with Gasteiger partial charge >= 0.3 is 25.0 Å². The molecule has 0 fully saturated rings. The van der Waals surface area contributed by atoms with Crippen molar-refractivity contribution in [2.45, 2.75) is 36.3 Å². The van der Waals surface area contributed by atoms with Crippen LogP contribution in [0.2, 0.25) is 0 Å². The van der Waals surface area contributed by atoms with Crippen LogP contribution in [0.25, 0.3) is 0 Å². The van der Waals surface area contributed by atoms with Crippen LogP contribution >= 0.6 is 0 Å². The van der Waals surface area contributed by atoms with E-state index in [1.54, 1.807) is 6.07 Å². The molecule has 2 N–H and O–H groups in total. The van der Waals surface area contributed by atoms with Gasteiger partial charge in [0.1, 0.15) is 0 Å². The first-order valence-corrected chi connectivity index (χ1v) is 8.18. The molecule has 0 aliphatic carbocycles. The Labute approximate surface area is 164 Å². The number of nitrogens with zero attached hydrogens (tertiary/aromatic N) is 1. The SMILES string of the molecule is O=[S-](=O)c1ccc(C(F)(F)F)cc1.[CH2-]CC(C)(C[CH2-])c1cc(N)on1.[Li+]. The van der Waals surface area contributed by atoms with Gasteiger partial charge in [0.15, 0.2) is 0 Å². The predicted molar refractivity (Wildman–Crippen MR) is 86.7 cm³/mol. The number of hydrogen-bond acceptors (Lipinski definition) is 6. The molecule has 2 rings (SSSR count). The van der Waals surface area contributed by atoms with Gasteiger partial charge in [0.25, 0.3) is 0 Å². The Balaban J connectivity index is 0.000000464. The quantitative estimate of drug-likeness (QED) is 0.490. The van der Waals surface area contributed by atoms with Crippen molar-refractivity contribution in [2.75, 3.05) is 5.73 Å². The predicted octanol–water partition coefficient (Wildman–Crippen LogP) is 1.34. The zero-order valence-corrected chi connectivity index (χ0v) is 15.3. The number of rotatable bonds is 4. The van der Waals surface area contributed by atoms with Gasteiger partial charge in [-0.2, -0.15) is 26.0 Å². The first-order chi connectivity index (χ1) is 11.5. The van der Waals surface area contributed by atoms with Gasteiger partial charge in [-0.05, 0) is 16.1 Å². The minimum absolute atomic E-state index is 0. The molecule has 0 aliphatic heterocycles. The summed E-state index contributed by atoms with van der Waals surface area (Å²) in [6.45, 7) is 9.75. The van der Waals surface area contributed by atoms with E-state index in [9.17, 15) is 21.6 Å². The molecule has 0 saturated heterocycles. The van der Waals surface area contributed by atoms with Crippen LogP contribution in [0, 0.1) is 13.8 Å². The molecule has 0 amide bonds. The van der Waals surface area contributed by atoms with Gasteiger partial charge < -0.3 is 32.5 Å². The number of benzene rings is 1. The molecule has 1 heterocycles. The number of hydrogen-bond donors (Lipinski definition) is 1. The summed E-state index contributed by atoms with van der Waals surface area (Å²) in [6.07, 6.45) is -2.95. The van der Waals surface area contributed by atoms with Gasteiger partial charge in [0.2, 0.25) is 5.88 Å². The Bertz CT molecular complexity index is 747. The van der Waals surface area contributed by atoms with Gasteiger partial charge in [-0.1, -0.05) is 41.2 Å². The summed E-state index contributed by atoms with van der Waals surface area (Å²) in [7, 11) is -2.48. The molecule has 0 bridgehead atoms. The third kappa shape index (κ3) is 6.71. The zero-order chi connectivity index (χ0) is 19.3. The Hall–Kier alpha value is -1.43. The summed E-state index contributed by atoms with van der Waals surface area (Å²) in [4.78, 5) is -0.159. The second-order valence-electron chi connectivity index (χ2n) is 5.43. The number of halogens is 3. The van der Waals surface area contributed by atoms with E-state index in [1.807, 2.05) is 6.92 Å². The molecule has 0 spiro atoms. The number of nitrogens with two attached hydrogens (primary N) is 1. The van der Waals surface area contributed by atoms with Crippen molar-refractivity contribution in [3.63, 3.8) is 0 Å². The molecule has 0 atom stereocenters. The minimum Gasteiger partial charge on any atom is -0.420 e. The molecule has 1 aromatic heterocycles. The van der Waals surface area contributed by atoms with Gasteiger partial charge in [-0.3, -0.25) is 0 Å². The van der Waals surface area contributed by atoms with Crippen LogP contribution in [-0.4, -0.2) is 5.16 Å². The van der Waals surface area contributed by atoms with E-state index in [4.69, 9.17) is 10.3 Å². The summed E-state index contributed by atoms with van der Waals surface area (Å²) in [6, 6.07) is 5.00. The van der Waals surface area contributed by atoms with Crippen molar-refractivity contribution in [1.29, 1.82) is 0 Å². The van der Waals surface area contributed by atoms with Crippen LogP contribution in [0.1, 0.15) is 31.0 Å². The minimum atomic E-state index is -4.43. The van der Waals surface area contributed by atoms with Crippen LogP contribution in [-0.2, 0) is 30.7 Å². The van der Waals surface area contributed by atoms with Gasteiger partial charge in [0.05, 0.1) is 11.3 Å². The topological polar surface area (TPSA) is 86.2 Å². The fourth-order valence-electron chi connectivity index (χ4n) is 1.71. The third-order valence-electron chi connectivity index (χ3n) is 3.62. The van der Waals surface area contributed by atoms with Crippen molar-refractivity contribution in [1.82, 2.24) is 5.16 Å². The first-order valence-electron chi connectivity index (χ1n) is 7.11. The maximum atomic E-state index is 12.0. The maximum absolute atomic E-state index is 12.0. The van der Waals surface area contributed by atoms with E-state index in [0.717, 1.165) is 42.8 Å². The normalized spacial score (nSPS) is 11.5. The summed E-state index contributed by atoms with van der Waals surface area (Å²) in [5.41, 5.74) is 5.28. The molecule has 26 heavy (non-hydrogen) atoms. The van der Waals surface area contributed by atoms with Crippen molar-refractivity contribution in [3.05, 3.63) is 55.4 Å². The average molecular weight is 382 g/mol. The van der Waals surface area contributed by atoms with E-state index >= 15 is 0 Å².